The third kappa shape index (κ3) is 15.0. The van der Waals surface area contributed by atoms with Gasteiger partial charge in [-0.1, -0.05) is 89.6 Å². The van der Waals surface area contributed by atoms with Crippen LogP contribution in [0.15, 0.2) is 48.5 Å². The monoisotopic (exact) mass is 394 g/mol. The number of rotatable bonds is 8. The molecule has 0 spiro atoms. The van der Waals surface area contributed by atoms with Crippen molar-refractivity contribution in [3.8, 4) is 12.3 Å². The maximum absolute atomic E-state index is 10.2. The molecule has 0 heterocycles. The predicted octanol–water partition coefficient (Wildman–Crippen LogP) is 6.43. The molecule has 0 atom stereocenters. The molecule has 158 valence electrons. The summed E-state index contributed by atoms with van der Waals surface area (Å²) < 4.78 is 0. The molecule has 0 fully saturated rings. The Morgan fingerprint density at radius 1 is 0.690 bits per heavy atom. The first-order valence-electron chi connectivity index (χ1n) is 10.7. The van der Waals surface area contributed by atoms with Gasteiger partial charge in [-0.05, 0) is 35.1 Å². The molecule has 0 aromatic heterocycles. The molecule has 0 aliphatic heterocycles. The lowest BCUT2D eigenvalue weighted by Gasteiger charge is -1.99. The van der Waals surface area contributed by atoms with Gasteiger partial charge in [-0.25, -0.2) is 0 Å². The fourth-order valence-electron chi connectivity index (χ4n) is 2.38. The molecule has 29 heavy (non-hydrogen) atoms. The van der Waals surface area contributed by atoms with Crippen molar-refractivity contribution in [3.63, 3.8) is 0 Å². The minimum absolute atomic E-state index is 0.495. The second-order valence-corrected chi connectivity index (χ2v) is 5.83. The van der Waals surface area contributed by atoms with Gasteiger partial charge in [0, 0.05) is 19.3 Å². The molecular weight excluding hydrogens is 356 g/mol. The number of carbonyl (C=O) groups excluding carboxylic acids is 2. The number of terminal acetylenes is 1. The van der Waals surface area contributed by atoms with E-state index in [2.05, 4.69) is 25.0 Å². The first kappa shape index (κ1) is 28.5. The molecule has 0 radical (unpaired) electrons. The van der Waals surface area contributed by atoms with Gasteiger partial charge in [0.15, 0.2) is 0 Å². The number of aldehydes is 2. The van der Waals surface area contributed by atoms with Gasteiger partial charge in [0.2, 0.25) is 0 Å². The third-order valence-electron chi connectivity index (χ3n) is 3.78. The van der Waals surface area contributed by atoms with Gasteiger partial charge in [-0.3, -0.25) is 0 Å². The summed E-state index contributed by atoms with van der Waals surface area (Å²) in [6.07, 6.45) is 12.0. The quantitative estimate of drug-likeness (QED) is 0.382. The van der Waals surface area contributed by atoms with E-state index < -0.39 is 0 Å². The Kier molecular flexibility index (Phi) is 21.3. The number of carbonyl (C=O) groups is 2. The zero-order chi connectivity index (χ0) is 22.3. The van der Waals surface area contributed by atoms with E-state index in [9.17, 15) is 9.59 Å². The third-order valence-corrected chi connectivity index (χ3v) is 3.78. The van der Waals surface area contributed by atoms with Crippen LogP contribution in [0.1, 0.15) is 69.7 Å². The molecule has 0 N–H and O–H groups in total. The van der Waals surface area contributed by atoms with Crippen molar-refractivity contribution in [2.24, 2.45) is 0 Å². The highest BCUT2D eigenvalue weighted by Gasteiger charge is 1.93. The molecule has 0 aliphatic carbocycles. The largest absolute Gasteiger partial charge is 0.303 e. The van der Waals surface area contributed by atoms with Crippen LogP contribution < -0.4 is 0 Å². The van der Waals surface area contributed by atoms with Crippen molar-refractivity contribution in [2.75, 3.05) is 0 Å². The average molecular weight is 395 g/mol. The van der Waals surface area contributed by atoms with Gasteiger partial charge < -0.3 is 9.59 Å². The molecule has 0 unspecified atom stereocenters. The summed E-state index contributed by atoms with van der Waals surface area (Å²) in [5.74, 6) is 2.60. The van der Waals surface area contributed by atoms with Crippen LogP contribution in [-0.2, 0) is 35.3 Å². The highest BCUT2D eigenvalue weighted by molar-refractivity contribution is 5.55. The lowest BCUT2D eigenvalue weighted by atomic mass is 10.1. The second kappa shape index (κ2) is 21.6. The van der Waals surface area contributed by atoms with Crippen molar-refractivity contribution in [3.05, 3.63) is 70.8 Å². The molecule has 0 saturated carbocycles. The maximum Gasteiger partial charge on any atom is 0.124 e. The maximum atomic E-state index is 10.2. The summed E-state index contributed by atoms with van der Waals surface area (Å²) in [7, 11) is 0. The van der Waals surface area contributed by atoms with Crippen LogP contribution in [0, 0.1) is 12.3 Å². The summed E-state index contributed by atoms with van der Waals surface area (Å²) in [6.45, 7) is 10.2. The van der Waals surface area contributed by atoms with Crippen molar-refractivity contribution < 1.29 is 9.59 Å². The molecular formula is C27H38O2. The Labute approximate surface area is 178 Å². The minimum Gasteiger partial charge on any atom is -0.303 e. The standard InChI is InChI=1S/C12H12O.C11H14O.2C2H6/c1-2-3-4-11-5-7-12(8-6-11)9-10-13;1-2-3-10-4-6-11(7-5-10)8-9-12;2*1-2/h1,5-8,10H,3-4,9H2;4-7,9H,2-3,8H2,1H3;2*1-2H3. The summed E-state index contributed by atoms with van der Waals surface area (Å²) >= 11 is 0. The Balaban J connectivity index is 0. The summed E-state index contributed by atoms with van der Waals surface area (Å²) in [5.41, 5.74) is 4.74. The second-order valence-electron chi connectivity index (χ2n) is 5.83. The summed E-state index contributed by atoms with van der Waals surface area (Å²) in [4.78, 5) is 20.4. The Morgan fingerprint density at radius 2 is 1.03 bits per heavy atom. The van der Waals surface area contributed by atoms with Gasteiger partial charge in [-0.2, -0.15) is 0 Å². The van der Waals surface area contributed by atoms with Crippen LogP contribution in [0.4, 0.5) is 0 Å². The van der Waals surface area contributed by atoms with Gasteiger partial charge in [0.1, 0.15) is 12.6 Å². The number of aryl methyl sites for hydroxylation is 2. The van der Waals surface area contributed by atoms with Crippen molar-refractivity contribution >= 4 is 12.6 Å². The van der Waals surface area contributed by atoms with Crippen molar-refractivity contribution in [1.29, 1.82) is 0 Å². The average Bonchev–Trinajstić information content (AvgIpc) is 2.78. The normalized spacial score (nSPS) is 8.55. The van der Waals surface area contributed by atoms with E-state index >= 15 is 0 Å². The number of hydrogen-bond donors (Lipinski definition) is 0. The summed E-state index contributed by atoms with van der Waals surface area (Å²) in [6, 6.07) is 16.2. The lowest BCUT2D eigenvalue weighted by molar-refractivity contribution is -0.108. The molecule has 0 amide bonds. The first-order chi connectivity index (χ1) is 14.2. The topological polar surface area (TPSA) is 34.1 Å². The van der Waals surface area contributed by atoms with E-state index in [1.54, 1.807) is 0 Å². The molecule has 2 aromatic rings. The highest BCUT2D eigenvalue weighted by Crippen LogP contribution is 2.07. The summed E-state index contributed by atoms with van der Waals surface area (Å²) in [5, 5.41) is 0. The van der Waals surface area contributed by atoms with Crippen LogP contribution in [0.25, 0.3) is 0 Å². The van der Waals surface area contributed by atoms with Crippen molar-refractivity contribution in [2.45, 2.75) is 73.1 Å². The number of hydrogen-bond acceptors (Lipinski definition) is 2. The van der Waals surface area contributed by atoms with Gasteiger partial charge >= 0.3 is 0 Å². The van der Waals surface area contributed by atoms with Gasteiger partial charge in [0.25, 0.3) is 0 Å². The molecule has 0 saturated heterocycles. The van der Waals surface area contributed by atoms with Crippen molar-refractivity contribution in [1.82, 2.24) is 0 Å². The van der Waals surface area contributed by atoms with E-state index in [0.29, 0.717) is 12.8 Å². The zero-order valence-electron chi connectivity index (χ0n) is 18.9. The van der Waals surface area contributed by atoms with E-state index in [0.717, 1.165) is 43.0 Å². The molecule has 2 aromatic carbocycles. The molecule has 2 heteroatoms. The van der Waals surface area contributed by atoms with E-state index in [-0.39, 0.29) is 0 Å². The Morgan fingerprint density at radius 3 is 1.34 bits per heavy atom. The van der Waals surface area contributed by atoms with Crippen LogP contribution in [0.3, 0.4) is 0 Å². The molecule has 2 rings (SSSR count). The van der Waals surface area contributed by atoms with E-state index in [4.69, 9.17) is 6.42 Å². The Bertz CT molecular complexity index is 661. The van der Waals surface area contributed by atoms with Crippen LogP contribution >= 0.6 is 0 Å². The SMILES string of the molecule is C#CCCc1ccc(CC=O)cc1.CC.CC.CCCc1ccc(CC=O)cc1. The smallest absolute Gasteiger partial charge is 0.124 e. The molecule has 2 nitrogen and oxygen atoms in total. The van der Waals surface area contributed by atoms with E-state index in [1.807, 2.05) is 64.1 Å². The lowest BCUT2D eigenvalue weighted by Crippen LogP contribution is -1.87. The van der Waals surface area contributed by atoms with Crippen LogP contribution in [0.2, 0.25) is 0 Å². The predicted molar refractivity (Wildman–Crippen MR) is 126 cm³/mol. The number of benzene rings is 2. The fourth-order valence-corrected chi connectivity index (χ4v) is 2.38. The van der Waals surface area contributed by atoms with Gasteiger partial charge in [0.05, 0.1) is 0 Å². The fraction of sp³-hybridized carbons (Fsp3) is 0.407. The van der Waals surface area contributed by atoms with Gasteiger partial charge in [-0.15, -0.1) is 12.3 Å². The van der Waals surface area contributed by atoms with Crippen LogP contribution in [0.5, 0.6) is 0 Å². The minimum atomic E-state index is 0.495. The highest BCUT2D eigenvalue weighted by atomic mass is 16.1. The molecule has 0 bridgehead atoms. The Hall–Kier alpha value is -2.66. The zero-order valence-corrected chi connectivity index (χ0v) is 18.9. The van der Waals surface area contributed by atoms with Crippen LogP contribution in [-0.4, -0.2) is 12.6 Å². The molecule has 0 aliphatic rings. The first-order valence-corrected chi connectivity index (χ1v) is 10.7. The van der Waals surface area contributed by atoms with E-state index in [1.165, 1.54) is 17.5 Å².